The van der Waals surface area contributed by atoms with Gasteiger partial charge in [-0.1, -0.05) is 41.1 Å². The first-order valence-corrected chi connectivity index (χ1v) is 10.7. The van der Waals surface area contributed by atoms with Gasteiger partial charge in [-0.15, -0.1) is 6.58 Å². The molecule has 134 valence electrons. The van der Waals surface area contributed by atoms with E-state index in [0.717, 1.165) is 16.5 Å². The minimum Gasteiger partial charge on any atom is -0.312 e. The quantitative estimate of drug-likeness (QED) is 0.620. The molecule has 0 radical (unpaired) electrons. The molecule has 8 heteroatoms. The molecule has 0 fully saturated rings. The van der Waals surface area contributed by atoms with Gasteiger partial charge >= 0.3 is 0 Å². The van der Waals surface area contributed by atoms with E-state index >= 15 is 0 Å². The van der Waals surface area contributed by atoms with Gasteiger partial charge in [0.15, 0.2) is 14.6 Å². The molecule has 0 aliphatic carbocycles. The molecular formula is C18H15ClN2O3S2. The molecule has 0 saturated carbocycles. The summed E-state index contributed by atoms with van der Waals surface area (Å²) in [5.41, 5.74) is 0.929. The average Bonchev–Trinajstić information content (AvgIpc) is 2.91. The highest BCUT2D eigenvalue weighted by Crippen LogP contribution is 2.22. The molecule has 0 aliphatic rings. The second-order valence-electron chi connectivity index (χ2n) is 5.58. The Kier molecular flexibility index (Phi) is 5.13. The van der Waals surface area contributed by atoms with Crippen molar-refractivity contribution in [3.63, 3.8) is 0 Å². The summed E-state index contributed by atoms with van der Waals surface area (Å²) in [6.45, 7) is 4.20. The molecule has 1 amide bonds. The molecule has 2 aromatic carbocycles. The van der Waals surface area contributed by atoms with E-state index in [1.807, 2.05) is 10.6 Å². The van der Waals surface area contributed by atoms with Crippen LogP contribution in [0.5, 0.6) is 0 Å². The summed E-state index contributed by atoms with van der Waals surface area (Å²) in [6.07, 6.45) is 2.77. The number of fused-ring (bicyclic) bond motifs is 1. The van der Waals surface area contributed by atoms with Gasteiger partial charge in [0, 0.05) is 17.8 Å². The third-order valence-electron chi connectivity index (χ3n) is 3.67. The van der Waals surface area contributed by atoms with E-state index in [9.17, 15) is 13.2 Å². The smallest absolute Gasteiger partial charge is 0.280 e. The highest BCUT2D eigenvalue weighted by Gasteiger charge is 2.18. The van der Waals surface area contributed by atoms with Crippen LogP contribution in [0.15, 0.2) is 65.0 Å². The number of carbonyl (C=O) groups is 1. The highest BCUT2D eigenvalue weighted by atomic mass is 35.5. The predicted molar refractivity (Wildman–Crippen MR) is 104 cm³/mol. The Hall–Kier alpha value is -2.22. The number of nitrogens with zero attached hydrogens (tertiary/aromatic N) is 2. The fraction of sp³-hybridized carbons (Fsp3) is 0.111. The van der Waals surface area contributed by atoms with Crippen LogP contribution in [0.3, 0.4) is 0 Å². The standard InChI is InChI=1S/C18H15ClN2O3S2/c1-3-10-21-14-9-8-12(19)11-15(14)25-18(21)20-17(22)13-6-4-5-7-16(13)26(2,23)24/h3-9,11H,1,10H2,2H3. The van der Waals surface area contributed by atoms with Gasteiger partial charge in [0.05, 0.1) is 20.7 Å². The first-order chi connectivity index (χ1) is 12.3. The molecule has 1 heterocycles. The van der Waals surface area contributed by atoms with Crippen molar-refractivity contribution in [1.29, 1.82) is 0 Å². The number of hydrogen-bond donors (Lipinski definition) is 0. The van der Waals surface area contributed by atoms with Crippen molar-refractivity contribution < 1.29 is 13.2 Å². The van der Waals surface area contributed by atoms with Gasteiger partial charge in [-0.2, -0.15) is 4.99 Å². The molecule has 0 saturated heterocycles. The number of sulfone groups is 1. The van der Waals surface area contributed by atoms with Crippen molar-refractivity contribution in [2.75, 3.05) is 6.26 Å². The normalized spacial score (nSPS) is 12.5. The number of thiazole rings is 1. The van der Waals surface area contributed by atoms with Gasteiger partial charge in [0.25, 0.3) is 5.91 Å². The van der Waals surface area contributed by atoms with Crippen molar-refractivity contribution in [3.8, 4) is 0 Å². The van der Waals surface area contributed by atoms with Crippen molar-refractivity contribution in [2.24, 2.45) is 4.99 Å². The average molecular weight is 407 g/mol. The summed E-state index contributed by atoms with van der Waals surface area (Å²) in [7, 11) is -3.54. The molecule has 0 spiro atoms. The fourth-order valence-corrected chi connectivity index (χ4v) is 4.75. The summed E-state index contributed by atoms with van der Waals surface area (Å²) in [4.78, 5) is 17.3. The van der Waals surface area contributed by atoms with Gasteiger partial charge < -0.3 is 4.57 Å². The summed E-state index contributed by atoms with van der Waals surface area (Å²) >= 11 is 7.35. The van der Waals surface area contributed by atoms with E-state index in [4.69, 9.17) is 11.6 Å². The van der Waals surface area contributed by atoms with Crippen LogP contribution < -0.4 is 4.80 Å². The Morgan fingerprint density at radius 3 is 2.73 bits per heavy atom. The number of hydrogen-bond acceptors (Lipinski definition) is 4. The third-order valence-corrected chi connectivity index (χ3v) is 6.10. The summed E-state index contributed by atoms with van der Waals surface area (Å²) < 4.78 is 26.6. The number of benzene rings is 2. The molecular weight excluding hydrogens is 392 g/mol. The van der Waals surface area contributed by atoms with Crippen LogP contribution in [0.4, 0.5) is 0 Å². The lowest BCUT2D eigenvalue weighted by Gasteiger charge is -2.04. The van der Waals surface area contributed by atoms with Crippen LogP contribution in [0.2, 0.25) is 5.02 Å². The van der Waals surface area contributed by atoms with E-state index < -0.39 is 15.7 Å². The van der Waals surface area contributed by atoms with Crippen LogP contribution in [-0.4, -0.2) is 25.1 Å². The first kappa shape index (κ1) is 18.6. The second-order valence-corrected chi connectivity index (χ2v) is 9.01. The Balaban J connectivity index is 2.21. The molecule has 3 rings (SSSR count). The minimum absolute atomic E-state index is 0.0341. The van der Waals surface area contributed by atoms with Gasteiger partial charge in [-0.05, 0) is 30.3 Å². The van der Waals surface area contributed by atoms with E-state index in [2.05, 4.69) is 11.6 Å². The lowest BCUT2D eigenvalue weighted by Crippen LogP contribution is -2.17. The zero-order chi connectivity index (χ0) is 18.9. The number of carbonyl (C=O) groups excluding carboxylic acids is 1. The Labute approximate surface area is 159 Å². The third kappa shape index (κ3) is 3.65. The summed E-state index contributed by atoms with van der Waals surface area (Å²) in [5.74, 6) is -0.610. The van der Waals surface area contributed by atoms with Crippen LogP contribution in [0, 0.1) is 0 Å². The minimum atomic E-state index is -3.54. The highest BCUT2D eigenvalue weighted by molar-refractivity contribution is 7.90. The topological polar surface area (TPSA) is 68.5 Å². The Morgan fingerprint density at radius 1 is 1.31 bits per heavy atom. The van der Waals surface area contributed by atoms with Crippen molar-refractivity contribution in [2.45, 2.75) is 11.4 Å². The maximum atomic E-state index is 12.7. The molecule has 3 aromatic rings. The molecule has 5 nitrogen and oxygen atoms in total. The van der Waals surface area contributed by atoms with E-state index in [1.165, 1.54) is 23.5 Å². The van der Waals surface area contributed by atoms with Gasteiger partial charge in [-0.25, -0.2) is 8.42 Å². The van der Waals surface area contributed by atoms with Gasteiger partial charge in [0.2, 0.25) is 0 Å². The monoisotopic (exact) mass is 406 g/mol. The molecule has 0 bridgehead atoms. The van der Waals surface area contributed by atoms with Crippen molar-refractivity contribution in [1.82, 2.24) is 4.57 Å². The van der Waals surface area contributed by atoms with Crippen molar-refractivity contribution in [3.05, 3.63) is 70.5 Å². The SMILES string of the molecule is C=CCn1c(=NC(=O)c2ccccc2S(C)(=O)=O)sc2cc(Cl)ccc21. The van der Waals surface area contributed by atoms with Crippen LogP contribution in [0.25, 0.3) is 10.2 Å². The maximum absolute atomic E-state index is 12.7. The lowest BCUT2D eigenvalue weighted by molar-refractivity contribution is 0.0994. The van der Waals surface area contributed by atoms with E-state index in [1.54, 1.807) is 30.3 Å². The number of halogens is 1. The molecule has 0 N–H and O–H groups in total. The molecule has 0 unspecified atom stereocenters. The van der Waals surface area contributed by atoms with E-state index in [0.29, 0.717) is 16.4 Å². The molecule has 0 aliphatic heterocycles. The number of amides is 1. The zero-order valence-corrected chi connectivity index (χ0v) is 16.2. The Bertz CT molecular complexity index is 1190. The molecule has 1 aromatic heterocycles. The van der Waals surface area contributed by atoms with Gasteiger partial charge in [-0.3, -0.25) is 4.79 Å². The number of allylic oxidation sites excluding steroid dienone is 1. The number of aromatic nitrogens is 1. The fourth-order valence-electron chi connectivity index (χ4n) is 2.55. The largest absolute Gasteiger partial charge is 0.312 e. The van der Waals surface area contributed by atoms with Crippen LogP contribution in [-0.2, 0) is 16.4 Å². The summed E-state index contributed by atoms with van der Waals surface area (Å²) in [5, 5.41) is 0.588. The van der Waals surface area contributed by atoms with Crippen molar-refractivity contribution >= 4 is 48.9 Å². The zero-order valence-electron chi connectivity index (χ0n) is 13.8. The molecule has 26 heavy (non-hydrogen) atoms. The van der Waals surface area contributed by atoms with Crippen LogP contribution >= 0.6 is 22.9 Å². The van der Waals surface area contributed by atoms with Gasteiger partial charge in [0.1, 0.15) is 0 Å². The Morgan fingerprint density at radius 2 is 2.04 bits per heavy atom. The summed E-state index contributed by atoms with van der Waals surface area (Å²) in [6, 6.07) is 11.5. The second kappa shape index (κ2) is 7.19. The van der Waals surface area contributed by atoms with E-state index in [-0.39, 0.29) is 10.5 Å². The molecule has 0 atom stereocenters. The predicted octanol–water partition coefficient (Wildman–Crippen LogP) is 3.69. The number of rotatable bonds is 4. The lowest BCUT2D eigenvalue weighted by atomic mass is 10.2. The van der Waals surface area contributed by atoms with Crippen LogP contribution in [0.1, 0.15) is 10.4 Å². The first-order valence-electron chi connectivity index (χ1n) is 7.59. The maximum Gasteiger partial charge on any atom is 0.280 e.